The molecule has 5 nitrogen and oxygen atoms in total. The largest absolute Gasteiger partial charge is 0.507 e. The Balaban J connectivity index is 1.77. The zero-order chi connectivity index (χ0) is 22.8. The number of aryl methyl sites for hydroxylation is 1. The highest BCUT2D eigenvalue weighted by Gasteiger charge is 2.32. The van der Waals surface area contributed by atoms with E-state index in [0.29, 0.717) is 18.4 Å². The van der Waals surface area contributed by atoms with Crippen molar-refractivity contribution >= 4 is 5.78 Å². The zero-order valence-corrected chi connectivity index (χ0v) is 18.7. The maximum absolute atomic E-state index is 12.8. The van der Waals surface area contributed by atoms with Crippen LogP contribution in [0, 0.1) is 6.92 Å². The van der Waals surface area contributed by atoms with Crippen molar-refractivity contribution in [1.29, 1.82) is 0 Å². The molecule has 1 heterocycles. The van der Waals surface area contributed by atoms with Gasteiger partial charge in [0.05, 0.1) is 12.0 Å². The maximum atomic E-state index is 12.8. The fourth-order valence-electron chi connectivity index (χ4n) is 3.85. The van der Waals surface area contributed by atoms with E-state index >= 15 is 0 Å². The SMILES string of the molecule is C/C(=C\Cc1c(O)cc2c(c1O)C(=O)C[C@@H](c1ccc(C)cc1)O2)CCCC(C)(C)O. The second-order valence-electron chi connectivity index (χ2n) is 9.16. The summed E-state index contributed by atoms with van der Waals surface area (Å²) in [5, 5.41) is 31.1. The first-order valence-electron chi connectivity index (χ1n) is 10.8. The lowest BCUT2D eigenvalue weighted by Gasteiger charge is -2.27. The van der Waals surface area contributed by atoms with E-state index in [1.165, 1.54) is 6.07 Å². The number of ketones is 1. The monoisotopic (exact) mass is 424 g/mol. The molecule has 1 aliphatic rings. The summed E-state index contributed by atoms with van der Waals surface area (Å²) in [4.78, 5) is 12.8. The summed E-state index contributed by atoms with van der Waals surface area (Å²) in [5.74, 6) is -0.278. The van der Waals surface area contributed by atoms with Crippen LogP contribution in [-0.4, -0.2) is 26.7 Å². The summed E-state index contributed by atoms with van der Waals surface area (Å²) in [7, 11) is 0. The molecule has 166 valence electrons. The average Bonchev–Trinajstić information content (AvgIpc) is 2.66. The Morgan fingerprint density at radius 2 is 1.90 bits per heavy atom. The molecule has 2 aromatic rings. The van der Waals surface area contributed by atoms with Gasteiger partial charge in [-0.25, -0.2) is 0 Å². The van der Waals surface area contributed by atoms with Gasteiger partial charge in [0, 0.05) is 11.6 Å². The van der Waals surface area contributed by atoms with Crippen LogP contribution in [-0.2, 0) is 6.42 Å². The highest BCUT2D eigenvalue weighted by molar-refractivity contribution is 6.03. The van der Waals surface area contributed by atoms with Crippen LogP contribution in [0.4, 0.5) is 0 Å². The molecule has 0 amide bonds. The van der Waals surface area contributed by atoms with Crippen LogP contribution in [0.1, 0.15) is 79.6 Å². The Labute approximate surface area is 184 Å². The van der Waals surface area contributed by atoms with Crippen LogP contribution in [0.25, 0.3) is 0 Å². The van der Waals surface area contributed by atoms with Crippen molar-refractivity contribution in [3.05, 3.63) is 64.2 Å². The number of allylic oxidation sites excluding steroid dienone is 2. The normalized spacial score (nSPS) is 16.7. The molecule has 0 radical (unpaired) electrons. The molecular weight excluding hydrogens is 392 g/mol. The first kappa shape index (κ1) is 22.9. The minimum absolute atomic E-state index is 0.0888. The lowest BCUT2D eigenvalue weighted by molar-refractivity contribution is 0.0689. The van der Waals surface area contributed by atoms with Crippen molar-refractivity contribution in [2.24, 2.45) is 0 Å². The number of aliphatic hydroxyl groups is 1. The molecule has 3 N–H and O–H groups in total. The fourth-order valence-corrected chi connectivity index (χ4v) is 3.85. The molecule has 0 spiro atoms. The van der Waals surface area contributed by atoms with Gasteiger partial charge in [0.15, 0.2) is 5.78 Å². The minimum atomic E-state index is -0.688. The molecule has 0 fully saturated rings. The lowest BCUT2D eigenvalue weighted by Crippen LogP contribution is -2.21. The molecule has 5 heteroatoms. The van der Waals surface area contributed by atoms with E-state index in [1.54, 1.807) is 13.8 Å². The average molecular weight is 425 g/mol. The Morgan fingerprint density at radius 1 is 1.23 bits per heavy atom. The third kappa shape index (κ3) is 5.67. The Bertz CT molecular complexity index is 980. The summed E-state index contributed by atoms with van der Waals surface area (Å²) < 4.78 is 5.98. The number of hydrogen-bond donors (Lipinski definition) is 3. The van der Waals surface area contributed by atoms with E-state index < -0.39 is 11.7 Å². The van der Waals surface area contributed by atoms with E-state index in [1.807, 2.05) is 44.2 Å². The number of rotatable bonds is 7. The number of hydrogen-bond acceptors (Lipinski definition) is 5. The first-order chi connectivity index (χ1) is 14.5. The Kier molecular flexibility index (Phi) is 6.75. The van der Waals surface area contributed by atoms with Gasteiger partial charge in [-0.15, -0.1) is 0 Å². The summed E-state index contributed by atoms with van der Waals surface area (Å²) >= 11 is 0. The quantitative estimate of drug-likeness (QED) is 0.508. The molecule has 0 saturated carbocycles. The van der Waals surface area contributed by atoms with Gasteiger partial charge < -0.3 is 20.1 Å². The van der Waals surface area contributed by atoms with Gasteiger partial charge in [-0.1, -0.05) is 41.5 Å². The van der Waals surface area contributed by atoms with Crippen LogP contribution >= 0.6 is 0 Å². The second-order valence-corrected chi connectivity index (χ2v) is 9.16. The van der Waals surface area contributed by atoms with E-state index in [2.05, 4.69) is 0 Å². The van der Waals surface area contributed by atoms with Crippen LogP contribution in [0.5, 0.6) is 17.2 Å². The standard InChI is InChI=1S/C26H32O5/c1-16(6-5-13-26(3,4)30)9-12-19-20(27)14-23-24(25(19)29)21(28)15-22(31-23)18-10-7-17(2)8-11-18/h7-11,14,22,27,29-30H,5-6,12-13,15H2,1-4H3/b16-9+/t22-/m0/s1. The minimum Gasteiger partial charge on any atom is -0.507 e. The number of carbonyl (C=O) groups excluding carboxylic acids is 1. The molecule has 1 atom stereocenters. The van der Waals surface area contributed by atoms with Crippen LogP contribution < -0.4 is 4.74 Å². The van der Waals surface area contributed by atoms with Crippen molar-refractivity contribution in [2.75, 3.05) is 0 Å². The summed E-state index contributed by atoms with van der Waals surface area (Å²) in [6.45, 7) is 7.56. The molecule has 2 aromatic carbocycles. The van der Waals surface area contributed by atoms with Crippen molar-refractivity contribution in [2.45, 2.75) is 71.5 Å². The van der Waals surface area contributed by atoms with Gasteiger partial charge >= 0.3 is 0 Å². The molecule has 0 unspecified atom stereocenters. The van der Waals surface area contributed by atoms with E-state index in [-0.39, 0.29) is 35.0 Å². The van der Waals surface area contributed by atoms with Crippen molar-refractivity contribution < 1.29 is 24.9 Å². The van der Waals surface area contributed by atoms with Crippen LogP contribution in [0.2, 0.25) is 0 Å². The lowest BCUT2D eigenvalue weighted by atomic mass is 9.92. The van der Waals surface area contributed by atoms with Gasteiger partial charge in [-0.05, 0) is 58.9 Å². The number of Topliss-reactive ketones (excluding diaryl/α,β-unsaturated/α-hetero) is 1. The zero-order valence-electron chi connectivity index (χ0n) is 18.7. The van der Waals surface area contributed by atoms with Gasteiger partial charge in [0.25, 0.3) is 0 Å². The number of phenolic OH excluding ortho intramolecular Hbond substituents is 2. The number of phenols is 2. The highest BCUT2D eigenvalue weighted by Crippen LogP contribution is 2.44. The molecule has 0 bridgehead atoms. The molecule has 3 rings (SSSR count). The van der Waals surface area contributed by atoms with Crippen LogP contribution in [0.3, 0.4) is 0 Å². The first-order valence-corrected chi connectivity index (χ1v) is 10.8. The topological polar surface area (TPSA) is 87.0 Å². The van der Waals surface area contributed by atoms with E-state index in [9.17, 15) is 20.1 Å². The summed E-state index contributed by atoms with van der Waals surface area (Å²) in [6, 6.07) is 9.22. The van der Waals surface area contributed by atoms with Crippen molar-refractivity contribution in [1.82, 2.24) is 0 Å². The Morgan fingerprint density at radius 3 is 2.55 bits per heavy atom. The molecule has 0 aliphatic carbocycles. The Hall–Kier alpha value is -2.79. The van der Waals surface area contributed by atoms with Crippen LogP contribution in [0.15, 0.2) is 42.0 Å². The van der Waals surface area contributed by atoms with E-state index in [4.69, 9.17) is 4.74 Å². The van der Waals surface area contributed by atoms with Crippen molar-refractivity contribution in [3.63, 3.8) is 0 Å². The van der Waals surface area contributed by atoms with Gasteiger partial charge in [0.2, 0.25) is 0 Å². The number of carbonyl (C=O) groups is 1. The number of aromatic hydroxyl groups is 2. The van der Waals surface area contributed by atoms with E-state index in [0.717, 1.165) is 29.5 Å². The summed E-state index contributed by atoms with van der Waals surface area (Å²) in [6.07, 6.45) is 4.31. The smallest absolute Gasteiger partial charge is 0.174 e. The fraction of sp³-hybridized carbons (Fsp3) is 0.423. The molecule has 31 heavy (non-hydrogen) atoms. The molecule has 1 aliphatic heterocycles. The highest BCUT2D eigenvalue weighted by atomic mass is 16.5. The molecule has 0 saturated heterocycles. The van der Waals surface area contributed by atoms with Crippen molar-refractivity contribution in [3.8, 4) is 17.2 Å². The predicted octanol–water partition coefficient (Wildman–Crippen LogP) is 5.54. The van der Waals surface area contributed by atoms with Gasteiger partial charge in [0.1, 0.15) is 28.9 Å². The maximum Gasteiger partial charge on any atom is 0.174 e. The van der Waals surface area contributed by atoms with Gasteiger partial charge in [-0.3, -0.25) is 4.79 Å². The predicted molar refractivity (Wildman–Crippen MR) is 121 cm³/mol. The number of ether oxygens (including phenoxy) is 1. The third-order valence-electron chi connectivity index (χ3n) is 5.73. The van der Waals surface area contributed by atoms with Gasteiger partial charge in [-0.2, -0.15) is 0 Å². The number of fused-ring (bicyclic) bond motifs is 1. The molecular formula is C26H32O5. The third-order valence-corrected chi connectivity index (χ3v) is 5.73. The second kappa shape index (κ2) is 9.15. The molecule has 0 aromatic heterocycles. The summed E-state index contributed by atoms with van der Waals surface area (Å²) in [5.41, 5.74) is 2.89. The number of benzene rings is 2.